The average Bonchev–Trinajstić information content (AvgIpc) is 2.16. The smallest absolute Gasteiger partial charge is 0.0887 e. The van der Waals surface area contributed by atoms with Gasteiger partial charge in [-0.15, -0.1) is 0 Å². The lowest BCUT2D eigenvalue weighted by atomic mass is 10.2. The summed E-state index contributed by atoms with van der Waals surface area (Å²) in [5.74, 6) is 0. The van der Waals surface area contributed by atoms with Crippen molar-refractivity contribution < 1.29 is 9.84 Å². The maximum absolute atomic E-state index is 8.78. The lowest BCUT2D eigenvalue weighted by Gasteiger charge is -2.17. The summed E-state index contributed by atoms with van der Waals surface area (Å²) in [6.45, 7) is -0.319. The van der Waals surface area contributed by atoms with Crippen molar-refractivity contribution in [2.24, 2.45) is 10.2 Å². The van der Waals surface area contributed by atoms with Gasteiger partial charge in [-0.25, -0.2) is 0 Å². The molecule has 0 saturated carbocycles. The van der Waals surface area contributed by atoms with Gasteiger partial charge in [-0.3, -0.25) is 0 Å². The maximum Gasteiger partial charge on any atom is 0.0887 e. The molecule has 2 unspecified atom stereocenters. The third-order valence-corrected chi connectivity index (χ3v) is 1.44. The van der Waals surface area contributed by atoms with E-state index in [1.807, 2.05) is 0 Å². The van der Waals surface area contributed by atoms with Crippen molar-refractivity contribution in [1.29, 1.82) is 0 Å². The zero-order chi connectivity index (χ0) is 10.1. The van der Waals surface area contributed by atoms with Crippen molar-refractivity contribution in [3.63, 3.8) is 0 Å². The second kappa shape index (κ2) is 7.20. The fraction of sp³-hybridized carbons (Fsp3) is 1.00. The van der Waals surface area contributed by atoms with Crippen molar-refractivity contribution in [3.8, 4) is 0 Å². The molecular formula is C5H10N6O2. The van der Waals surface area contributed by atoms with Gasteiger partial charge >= 0.3 is 0 Å². The van der Waals surface area contributed by atoms with Crippen LogP contribution in [0.4, 0.5) is 0 Å². The minimum atomic E-state index is -0.670. The molecule has 2 atom stereocenters. The van der Waals surface area contributed by atoms with Gasteiger partial charge in [0.05, 0.1) is 18.8 Å². The number of nitrogens with zero attached hydrogens (tertiary/aromatic N) is 6. The number of rotatable bonds is 6. The molecule has 8 heteroatoms. The van der Waals surface area contributed by atoms with Crippen LogP contribution in [0.5, 0.6) is 0 Å². The lowest BCUT2D eigenvalue weighted by Crippen LogP contribution is -2.31. The normalized spacial score (nSPS) is 13.7. The first-order chi connectivity index (χ1) is 6.29. The molecule has 0 saturated heterocycles. The average molecular weight is 186 g/mol. The van der Waals surface area contributed by atoms with E-state index >= 15 is 0 Å². The summed E-state index contributed by atoms with van der Waals surface area (Å²) in [7, 11) is 1.37. The van der Waals surface area contributed by atoms with Gasteiger partial charge in [0.2, 0.25) is 0 Å². The Kier molecular flexibility index (Phi) is 6.39. The fourth-order valence-corrected chi connectivity index (χ4v) is 0.768. The van der Waals surface area contributed by atoms with E-state index in [0.29, 0.717) is 0 Å². The molecule has 0 spiro atoms. The van der Waals surface area contributed by atoms with E-state index in [9.17, 15) is 0 Å². The van der Waals surface area contributed by atoms with E-state index in [1.54, 1.807) is 0 Å². The number of methoxy groups -OCH3 is 1. The molecule has 0 fully saturated rings. The van der Waals surface area contributed by atoms with Gasteiger partial charge in [0.1, 0.15) is 0 Å². The second-order valence-corrected chi connectivity index (χ2v) is 2.14. The Bertz CT molecular complexity index is 227. The van der Waals surface area contributed by atoms with Crippen molar-refractivity contribution in [2.75, 3.05) is 20.3 Å². The summed E-state index contributed by atoms with van der Waals surface area (Å²) in [6, 6.07) is -0.670. The van der Waals surface area contributed by atoms with E-state index in [-0.39, 0.29) is 13.2 Å². The third kappa shape index (κ3) is 4.19. The molecule has 0 aromatic heterocycles. The van der Waals surface area contributed by atoms with Crippen LogP contribution in [0.2, 0.25) is 0 Å². The number of azide groups is 2. The van der Waals surface area contributed by atoms with Crippen molar-refractivity contribution in [2.45, 2.75) is 12.1 Å². The molecule has 0 rings (SSSR count). The summed E-state index contributed by atoms with van der Waals surface area (Å²) in [6.07, 6.45) is -0.638. The molecule has 0 aliphatic carbocycles. The van der Waals surface area contributed by atoms with Crippen LogP contribution in [-0.2, 0) is 4.74 Å². The summed E-state index contributed by atoms with van der Waals surface area (Å²) >= 11 is 0. The van der Waals surface area contributed by atoms with E-state index < -0.39 is 12.1 Å². The Hall–Kier alpha value is -1.46. The molecule has 1 N–H and O–H groups in total. The number of ether oxygens (including phenoxy) is 1. The highest BCUT2D eigenvalue weighted by atomic mass is 16.5. The Morgan fingerprint density at radius 2 is 2.15 bits per heavy atom. The molecule has 13 heavy (non-hydrogen) atoms. The van der Waals surface area contributed by atoms with E-state index in [4.69, 9.17) is 20.9 Å². The van der Waals surface area contributed by atoms with Gasteiger partial charge in [0, 0.05) is 23.5 Å². The van der Waals surface area contributed by atoms with Crippen LogP contribution in [0, 0.1) is 0 Å². The van der Waals surface area contributed by atoms with Crippen LogP contribution >= 0.6 is 0 Å². The number of aliphatic hydroxyl groups is 1. The summed E-state index contributed by atoms with van der Waals surface area (Å²) < 4.78 is 4.81. The lowest BCUT2D eigenvalue weighted by molar-refractivity contribution is 0.0332. The molecule has 0 bridgehead atoms. The molecule has 72 valence electrons. The summed E-state index contributed by atoms with van der Waals surface area (Å²) in [5, 5.41) is 15.3. The van der Waals surface area contributed by atoms with E-state index in [1.165, 1.54) is 7.11 Å². The molecule has 0 aliphatic heterocycles. The second-order valence-electron chi connectivity index (χ2n) is 2.14. The minimum Gasteiger partial charge on any atom is -0.394 e. The fourth-order valence-electron chi connectivity index (χ4n) is 0.768. The predicted octanol–water partition coefficient (Wildman–Crippen LogP) is 0.983. The van der Waals surface area contributed by atoms with Gasteiger partial charge in [0.15, 0.2) is 0 Å². The minimum absolute atomic E-state index is 0.0281. The predicted molar refractivity (Wildman–Crippen MR) is 44.8 cm³/mol. The van der Waals surface area contributed by atoms with E-state index in [2.05, 4.69) is 20.1 Å². The Labute approximate surface area is 74.4 Å². The monoisotopic (exact) mass is 186 g/mol. The Balaban J connectivity index is 4.36. The van der Waals surface area contributed by atoms with Gasteiger partial charge < -0.3 is 9.84 Å². The van der Waals surface area contributed by atoms with Gasteiger partial charge in [-0.1, -0.05) is 10.2 Å². The SMILES string of the molecule is COC(CO)C(CN=[N+]=[N-])N=[N+]=[N-]. The molecule has 0 aliphatic rings. The highest BCUT2D eigenvalue weighted by Crippen LogP contribution is 2.04. The first-order valence-corrected chi connectivity index (χ1v) is 3.48. The molecule has 0 aromatic carbocycles. The van der Waals surface area contributed by atoms with Crippen molar-refractivity contribution in [1.82, 2.24) is 0 Å². The highest BCUT2D eigenvalue weighted by Gasteiger charge is 2.17. The highest BCUT2D eigenvalue weighted by molar-refractivity contribution is 4.79. The van der Waals surface area contributed by atoms with Crippen LogP contribution in [0.1, 0.15) is 0 Å². The Morgan fingerprint density at radius 1 is 1.46 bits per heavy atom. The number of aliphatic hydroxyl groups excluding tert-OH is 1. The van der Waals surface area contributed by atoms with Gasteiger partial charge in [-0.05, 0) is 11.1 Å². The van der Waals surface area contributed by atoms with Gasteiger partial charge in [0.25, 0.3) is 0 Å². The molecule has 0 aromatic rings. The number of hydrogen-bond acceptors (Lipinski definition) is 4. The van der Waals surface area contributed by atoms with Crippen LogP contribution in [0.25, 0.3) is 20.9 Å². The van der Waals surface area contributed by atoms with Crippen LogP contribution in [0.3, 0.4) is 0 Å². The third-order valence-electron chi connectivity index (χ3n) is 1.44. The van der Waals surface area contributed by atoms with Gasteiger partial charge in [-0.2, -0.15) is 0 Å². The largest absolute Gasteiger partial charge is 0.394 e. The molecule has 0 heterocycles. The van der Waals surface area contributed by atoms with Crippen LogP contribution in [-0.4, -0.2) is 37.5 Å². The topological polar surface area (TPSA) is 127 Å². The Morgan fingerprint density at radius 3 is 2.54 bits per heavy atom. The van der Waals surface area contributed by atoms with Crippen LogP contribution in [0.15, 0.2) is 10.2 Å². The quantitative estimate of drug-likeness (QED) is 0.377. The number of hydrogen-bond donors (Lipinski definition) is 1. The maximum atomic E-state index is 8.78. The molecule has 0 amide bonds. The standard InChI is InChI=1S/C5H10N6O2/c1-13-5(3-12)4(9-11-7)2-8-10-6/h4-5,12H,2-3H2,1H3. The van der Waals surface area contributed by atoms with Crippen molar-refractivity contribution >= 4 is 0 Å². The zero-order valence-electron chi connectivity index (χ0n) is 7.11. The first-order valence-electron chi connectivity index (χ1n) is 3.48. The first kappa shape index (κ1) is 11.5. The van der Waals surface area contributed by atoms with Crippen LogP contribution < -0.4 is 0 Å². The van der Waals surface area contributed by atoms with E-state index in [0.717, 1.165) is 0 Å². The summed E-state index contributed by atoms with van der Waals surface area (Å²) in [4.78, 5) is 5.07. The molecule has 8 nitrogen and oxygen atoms in total. The van der Waals surface area contributed by atoms with Crippen molar-refractivity contribution in [3.05, 3.63) is 20.9 Å². The summed E-state index contributed by atoms with van der Waals surface area (Å²) in [5.41, 5.74) is 16.2. The molecule has 0 radical (unpaired) electrons. The zero-order valence-corrected chi connectivity index (χ0v) is 7.11. The molecular weight excluding hydrogens is 176 g/mol.